The van der Waals surface area contributed by atoms with Gasteiger partial charge in [-0.25, -0.2) is 0 Å². The van der Waals surface area contributed by atoms with Crippen molar-refractivity contribution in [1.29, 1.82) is 0 Å². The van der Waals surface area contributed by atoms with E-state index in [1.165, 1.54) is 0 Å². The van der Waals surface area contributed by atoms with E-state index in [9.17, 15) is 9.59 Å². The predicted octanol–water partition coefficient (Wildman–Crippen LogP) is 0.551. The highest BCUT2D eigenvalue weighted by atomic mass is 35.5. The lowest BCUT2D eigenvalue weighted by atomic mass is 10.2. The quantitative estimate of drug-likeness (QED) is 0.799. The zero-order valence-corrected chi connectivity index (χ0v) is 13.3. The van der Waals surface area contributed by atoms with Gasteiger partial charge in [0, 0.05) is 13.0 Å². The third-order valence-corrected chi connectivity index (χ3v) is 3.35. The number of carbonyl (C=O) groups excluding carboxylic acids is 2. The van der Waals surface area contributed by atoms with E-state index in [-0.39, 0.29) is 30.3 Å². The number of hydrogen-bond donors (Lipinski definition) is 2. The normalized spacial score (nSPS) is 18.5. The molecule has 1 aromatic rings. The number of nitrogens with one attached hydrogen (secondary N) is 1. The first kappa shape index (κ1) is 18.3. The van der Waals surface area contributed by atoms with Crippen LogP contribution in [0.4, 0.5) is 0 Å². The van der Waals surface area contributed by atoms with Crippen LogP contribution >= 0.6 is 12.4 Å². The van der Waals surface area contributed by atoms with Gasteiger partial charge in [-0.1, -0.05) is 18.2 Å². The summed E-state index contributed by atoms with van der Waals surface area (Å²) in [6.07, 6.45) is 0.323. The minimum atomic E-state index is -0.560. The van der Waals surface area contributed by atoms with Crippen LogP contribution in [0.3, 0.4) is 0 Å². The maximum atomic E-state index is 11.9. The third kappa shape index (κ3) is 5.20. The van der Waals surface area contributed by atoms with Gasteiger partial charge in [-0.05, 0) is 19.1 Å². The molecule has 0 aliphatic carbocycles. The van der Waals surface area contributed by atoms with Crippen molar-refractivity contribution in [2.24, 2.45) is 5.73 Å². The van der Waals surface area contributed by atoms with Crippen LogP contribution in [-0.2, 0) is 9.59 Å². The Morgan fingerprint density at radius 3 is 2.77 bits per heavy atom. The highest BCUT2D eigenvalue weighted by Crippen LogP contribution is 2.12. The molecule has 1 aromatic carbocycles. The van der Waals surface area contributed by atoms with E-state index in [0.29, 0.717) is 26.1 Å². The Kier molecular flexibility index (Phi) is 7.14. The summed E-state index contributed by atoms with van der Waals surface area (Å²) < 4.78 is 5.57. The molecular weight excluding hydrogens is 306 g/mol. The summed E-state index contributed by atoms with van der Waals surface area (Å²) in [6.45, 7) is 3.08. The molecule has 0 bridgehead atoms. The number of halogens is 1. The lowest BCUT2D eigenvalue weighted by molar-refractivity contribution is -0.128. The van der Waals surface area contributed by atoms with Crippen LogP contribution in [0, 0.1) is 0 Å². The van der Waals surface area contributed by atoms with Crippen LogP contribution in [0.25, 0.3) is 0 Å². The van der Waals surface area contributed by atoms with Crippen LogP contribution in [0.1, 0.15) is 13.3 Å². The van der Waals surface area contributed by atoms with E-state index in [1.54, 1.807) is 11.8 Å². The molecule has 6 nitrogen and oxygen atoms in total. The fourth-order valence-corrected chi connectivity index (χ4v) is 2.21. The van der Waals surface area contributed by atoms with Crippen LogP contribution in [0.2, 0.25) is 0 Å². The van der Waals surface area contributed by atoms with Gasteiger partial charge in [0.05, 0.1) is 18.6 Å². The van der Waals surface area contributed by atoms with E-state index >= 15 is 0 Å². The predicted molar refractivity (Wildman–Crippen MR) is 86.0 cm³/mol. The minimum absolute atomic E-state index is 0. The van der Waals surface area contributed by atoms with E-state index in [1.807, 2.05) is 30.3 Å². The Hall–Kier alpha value is -1.79. The molecule has 1 fully saturated rings. The van der Waals surface area contributed by atoms with Gasteiger partial charge in [0.2, 0.25) is 11.8 Å². The third-order valence-electron chi connectivity index (χ3n) is 3.35. The van der Waals surface area contributed by atoms with Gasteiger partial charge in [0.25, 0.3) is 0 Å². The molecule has 3 N–H and O–H groups in total. The molecule has 0 spiro atoms. The van der Waals surface area contributed by atoms with Crippen molar-refractivity contribution in [3.63, 3.8) is 0 Å². The van der Waals surface area contributed by atoms with Crippen LogP contribution in [0.5, 0.6) is 5.75 Å². The number of rotatable bonds is 6. The second-order valence-corrected chi connectivity index (χ2v) is 5.20. The maximum absolute atomic E-state index is 11.9. The SMILES string of the molecule is C[C@@H](N)C(=O)NC1CC(=O)N(CCOc2ccccc2)C1.Cl. The highest BCUT2D eigenvalue weighted by molar-refractivity contribution is 5.85. The Labute approximate surface area is 136 Å². The van der Waals surface area contributed by atoms with E-state index < -0.39 is 6.04 Å². The van der Waals surface area contributed by atoms with Crippen molar-refractivity contribution in [3.8, 4) is 5.75 Å². The molecule has 1 saturated heterocycles. The molecule has 1 unspecified atom stereocenters. The summed E-state index contributed by atoms with van der Waals surface area (Å²) in [7, 11) is 0. The smallest absolute Gasteiger partial charge is 0.236 e. The van der Waals surface area contributed by atoms with E-state index in [0.717, 1.165) is 5.75 Å². The van der Waals surface area contributed by atoms with Crippen molar-refractivity contribution in [2.75, 3.05) is 19.7 Å². The summed E-state index contributed by atoms with van der Waals surface area (Å²) in [5.74, 6) is 0.586. The first-order valence-corrected chi connectivity index (χ1v) is 7.08. The van der Waals surface area contributed by atoms with Gasteiger partial charge in [-0.15, -0.1) is 12.4 Å². The molecule has 1 aliphatic rings. The van der Waals surface area contributed by atoms with Crippen LogP contribution in [-0.4, -0.2) is 48.5 Å². The Balaban J connectivity index is 0.00000242. The number of carbonyl (C=O) groups is 2. The molecule has 0 radical (unpaired) electrons. The lowest BCUT2D eigenvalue weighted by Gasteiger charge is -2.18. The number of nitrogens with zero attached hydrogens (tertiary/aromatic N) is 1. The summed E-state index contributed by atoms with van der Waals surface area (Å²) in [6, 6.07) is 8.74. The number of amides is 2. The number of hydrogen-bond acceptors (Lipinski definition) is 4. The topological polar surface area (TPSA) is 84.7 Å². The Bertz CT molecular complexity index is 496. The maximum Gasteiger partial charge on any atom is 0.236 e. The Morgan fingerprint density at radius 1 is 1.45 bits per heavy atom. The molecule has 1 heterocycles. The number of nitrogens with two attached hydrogens (primary N) is 1. The van der Waals surface area contributed by atoms with Gasteiger partial charge in [-0.2, -0.15) is 0 Å². The average molecular weight is 328 g/mol. The number of likely N-dealkylation sites (tertiary alicyclic amines) is 1. The fraction of sp³-hybridized carbons (Fsp3) is 0.467. The first-order valence-electron chi connectivity index (χ1n) is 7.08. The molecule has 1 aliphatic heterocycles. The van der Waals surface area contributed by atoms with Crippen molar-refractivity contribution in [2.45, 2.75) is 25.4 Å². The number of ether oxygens (including phenoxy) is 1. The van der Waals surface area contributed by atoms with Crippen molar-refractivity contribution in [1.82, 2.24) is 10.2 Å². The van der Waals surface area contributed by atoms with Gasteiger partial charge in [0.15, 0.2) is 0 Å². The van der Waals surface area contributed by atoms with Gasteiger partial charge < -0.3 is 20.7 Å². The number of benzene rings is 1. The molecule has 122 valence electrons. The molecular formula is C15H22ClN3O3. The van der Waals surface area contributed by atoms with Crippen LogP contribution in [0.15, 0.2) is 30.3 Å². The zero-order valence-electron chi connectivity index (χ0n) is 12.5. The van der Waals surface area contributed by atoms with Crippen molar-refractivity contribution >= 4 is 24.2 Å². The number of para-hydroxylation sites is 1. The summed E-state index contributed by atoms with van der Waals surface area (Å²) >= 11 is 0. The summed E-state index contributed by atoms with van der Waals surface area (Å²) in [5.41, 5.74) is 5.50. The van der Waals surface area contributed by atoms with Gasteiger partial charge in [0.1, 0.15) is 12.4 Å². The second-order valence-electron chi connectivity index (χ2n) is 5.20. The minimum Gasteiger partial charge on any atom is -0.492 e. The Morgan fingerprint density at radius 2 is 2.14 bits per heavy atom. The lowest BCUT2D eigenvalue weighted by Crippen LogP contribution is -2.45. The van der Waals surface area contributed by atoms with E-state index in [2.05, 4.69) is 5.32 Å². The molecule has 2 rings (SSSR count). The van der Waals surface area contributed by atoms with Crippen molar-refractivity contribution < 1.29 is 14.3 Å². The second kappa shape index (κ2) is 8.60. The van der Waals surface area contributed by atoms with Crippen LogP contribution < -0.4 is 15.8 Å². The monoisotopic (exact) mass is 327 g/mol. The average Bonchev–Trinajstić information content (AvgIpc) is 2.80. The molecule has 2 atom stereocenters. The first-order chi connectivity index (χ1) is 10.1. The molecule has 2 amide bonds. The summed E-state index contributed by atoms with van der Waals surface area (Å²) in [4.78, 5) is 25.1. The molecule has 22 heavy (non-hydrogen) atoms. The van der Waals surface area contributed by atoms with Gasteiger partial charge in [-0.3, -0.25) is 9.59 Å². The largest absolute Gasteiger partial charge is 0.492 e. The molecule has 0 saturated carbocycles. The highest BCUT2D eigenvalue weighted by Gasteiger charge is 2.30. The zero-order chi connectivity index (χ0) is 15.2. The van der Waals surface area contributed by atoms with E-state index in [4.69, 9.17) is 10.5 Å². The molecule has 0 aromatic heterocycles. The van der Waals surface area contributed by atoms with Gasteiger partial charge >= 0.3 is 0 Å². The summed E-state index contributed by atoms with van der Waals surface area (Å²) in [5, 5.41) is 2.78. The van der Waals surface area contributed by atoms with Crippen molar-refractivity contribution in [3.05, 3.63) is 30.3 Å². The molecule has 7 heteroatoms. The standard InChI is InChI=1S/C15H21N3O3.ClH/c1-11(16)15(20)17-12-9-14(19)18(10-12)7-8-21-13-5-3-2-4-6-13;/h2-6,11-12H,7-10,16H2,1H3,(H,17,20);1H/t11-,12?;/m1./s1. The fourth-order valence-electron chi connectivity index (χ4n) is 2.21.